The van der Waals surface area contributed by atoms with E-state index in [4.69, 9.17) is 0 Å². The molecule has 1 aromatic heterocycles. The summed E-state index contributed by atoms with van der Waals surface area (Å²) in [5.74, 6) is 0.00990. The van der Waals surface area contributed by atoms with E-state index in [-0.39, 0.29) is 16.7 Å². The minimum absolute atomic E-state index is 0.0710. The molecule has 0 N–H and O–H groups in total. The molecule has 22 heavy (non-hydrogen) atoms. The molecular formula is C11H16BrN4O5S-. The van der Waals surface area contributed by atoms with Gasteiger partial charge in [-0.25, -0.2) is 13.1 Å². The van der Waals surface area contributed by atoms with Crippen LogP contribution < -0.4 is 4.90 Å². The fourth-order valence-electron chi connectivity index (χ4n) is 2.51. The predicted molar refractivity (Wildman–Crippen MR) is 81.8 cm³/mol. The van der Waals surface area contributed by atoms with Crippen molar-refractivity contribution in [3.05, 3.63) is 14.7 Å². The summed E-state index contributed by atoms with van der Waals surface area (Å²) in [6, 6.07) is 0. The van der Waals surface area contributed by atoms with Crippen molar-refractivity contribution in [1.29, 1.82) is 0 Å². The average Bonchev–Trinajstić information content (AvgIpc) is 3.00. The highest BCUT2D eigenvalue weighted by Gasteiger charge is 2.31. The van der Waals surface area contributed by atoms with Gasteiger partial charge in [-0.05, 0) is 41.6 Å². The van der Waals surface area contributed by atoms with Crippen LogP contribution in [0.2, 0.25) is 0 Å². The summed E-state index contributed by atoms with van der Waals surface area (Å²) >= 11 is 3.11. The Morgan fingerprint density at radius 2 is 1.91 bits per heavy atom. The smallest absolute Gasteiger partial charge is 0.345 e. The largest absolute Gasteiger partial charge is 0.748 e. The maximum absolute atomic E-state index is 11.2. The van der Waals surface area contributed by atoms with Crippen molar-refractivity contribution in [3.63, 3.8) is 0 Å². The fourth-order valence-corrected chi connectivity index (χ4v) is 3.58. The minimum Gasteiger partial charge on any atom is -0.748 e. The number of halogens is 1. The molecule has 2 heterocycles. The molecule has 0 bridgehead atoms. The van der Waals surface area contributed by atoms with Crippen LogP contribution >= 0.6 is 15.9 Å². The van der Waals surface area contributed by atoms with E-state index >= 15 is 0 Å². The topological polar surface area (TPSA) is 121 Å². The summed E-state index contributed by atoms with van der Waals surface area (Å²) in [5, 5.41) is 15.4. The van der Waals surface area contributed by atoms with Crippen LogP contribution in [0.25, 0.3) is 0 Å². The summed E-state index contributed by atoms with van der Waals surface area (Å²) in [6.45, 7) is 1.79. The van der Waals surface area contributed by atoms with Crippen molar-refractivity contribution in [1.82, 2.24) is 9.78 Å². The second-order valence-electron chi connectivity index (χ2n) is 5.11. The molecule has 0 aromatic carbocycles. The predicted octanol–water partition coefficient (Wildman–Crippen LogP) is 1.48. The molecule has 11 heteroatoms. The van der Waals surface area contributed by atoms with Crippen molar-refractivity contribution in [2.45, 2.75) is 32.2 Å². The molecule has 1 fully saturated rings. The quantitative estimate of drug-likeness (QED) is 0.296. The zero-order valence-corrected chi connectivity index (χ0v) is 14.2. The summed E-state index contributed by atoms with van der Waals surface area (Å²) in [6.07, 6.45) is 2.55. The lowest BCUT2D eigenvalue weighted by Gasteiger charge is -2.18. The Balaban J connectivity index is 2.16. The number of nitrogens with zero attached hydrogens (tertiary/aromatic N) is 4. The van der Waals surface area contributed by atoms with Crippen molar-refractivity contribution in [2.75, 3.05) is 23.7 Å². The molecule has 1 saturated heterocycles. The van der Waals surface area contributed by atoms with Crippen LogP contribution in [0.5, 0.6) is 0 Å². The minimum atomic E-state index is -4.23. The van der Waals surface area contributed by atoms with E-state index in [1.54, 1.807) is 0 Å². The van der Waals surface area contributed by atoms with Crippen LogP contribution in [0.1, 0.15) is 25.7 Å². The molecule has 0 radical (unpaired) electrons. The van der Waals surface area contributed by atoms with Gasteiger partial charge in [-0.3, -0.25) is 10.1 Å². The first-order chi connectivity index (χ1) is 10.3. The molecule has 0 unspecified atom stereocenters. The van der Waals surface area contributed by atoms with E-state index in [1.165, 1.54) is 4.68 Å². The molecule has 0 saturated carbocycles. The Labute approximate surface area is 136 Å². The number of aromatic nitrogens is 2. The summed E-state index contributed by atoms with van der Waals surface area (Å²) in [5.41, 5.74) is -0.0710. The zero-order valence-electron chi connectivity index (χ0n) is 11.8. The van der Waals surface area contributed by atoms with Gasteiger partial charge >= 0.3 is 5.69 Å². The second kappa shape index (κ2) is 6.92. The van der Waals surface area contributed by atoms with Gasteiger partial charge in [0.1, 0.15) is 0 Å². The third-order valence-electron chi connectivity index (χ3n) is 3.46. The van der Waals surface area contributed by atoms with E-state index in [9.17, 15) is 23.1 Å². The Kier molecular flexibility index (Phi) is 5.40. The molecule has 124 valence electrons. The maximum atomic E-state index is 11.2. The van der Waals surface area contributed by atoms with Crippen molar-refractivity contribution in [3.8, 4) is 0 Å². The summed E-state index contributed by atoms with van der Waals surface area (Å²) in [7, 11) is -4.23. The van der Waals surface area contributed by atoms with E-state index in [2.05, 4.69) is 21.0 Å². The Hall–Kier alpha value is -1.20. The summed E-state index contributed by atoms with van der Waals surface area (Å²) in [4.78, 5) is 12.7. The molecule has 0 amide bonds. The van der Waals surface area contributed by atoms with Gasteiger partial charge in [0.2, 0.25) is 10.4 Å². The van der Waals surface area contributed by atoms with Gasteiger partial charge in [-0.2, -0.15) is 5.10 Å². The van der Waals surface area contributed by atoms with Crippen LogP contribution in [-0.2, 0) is 16.7 Å². The lowest BCUT2D eigenvalue weighted by molar-refractivity contribution is -0.385. The van der Waals surface area contributed by atoms with Crippen molar-refractivity contribution < 1.29 is 17.9 Å². The third-order valence-corrected chi connectivity index (χ3v) is 4.79. The SMILES string of the molecule is O=[N+]([O-])c1c(Br)nn(CCCCS(=O)(=O)[O-])c1N1CCCC1. The van der Waals surface area contributed by atoms with Gasteiger partial charge < -0.3 is 9.45 Å². The number of anilines is 1. The zero-order chi connectivity index (χ0) is 16.3. The molecule has 1 aliphatic rings. The number of hydrogen-bond donors (Lipinski definition) is 0. The molecular weight excluding hydrogens is 380 g/mol. The highest BCUT2D eigenvalue weighted by Crippen LogP contribution is 2.37. The van der Waals surface area contributed by atoms with Crippen molar-refractivity contribution in [2.24, 2.45) is 0 Å². The molecule has 2 rings (SSSR count). The Morgan fingerprint density at radius 1 is 1.27 bits per heavy atom. The molecule has 1 aromatic rings. The second-order valence-corrected chi connectivity index (χ2v) is 7.38. The molecule has 0 spiro atoms. The normalized spacial score (nSPS) is 15.5. The maximum Gasteiger partial charge on any atom is 0.345 e. The highest BCUT2D eigenvalue weighted by molar-refractivity contribution is 9.10. The number of aryl methyl sites for hydroxylation is 1. The van der Waals surface area contributed by atoms with Gasteiger partial charge in [0.05, 0.1) is 15.0 Å². The standard InChI is InChI=1S/C11H17BrN4O5S/c12-10-9(16(17)18)11(14-5-1-2-6-14)15(13-10)7-3-4-8-22(19,20)21/h1-8H2,(H,19,20,21)/p-1. The van der Waals surface area contributed by atoms with Crippen molar-refractivity contribution >= 4 is 37.6 Å². The van der Waals surface area contributed by atoms with Gasteiger partial charge in [0, 0.05) is 25.4 Å². The molecule has 0 aliphatic carbocycles. The average molecular weight is 396 g/mol. The number of unbranched alkanes of at least 4 members (excludes halogenated alkanes) is 1. The fraction of sp³-hybridized carbons (Fsp3) is 0.727. The van der Waals surface area contributed by atoms with Crippen LogP contribution in [-0.4, -0.2) is 46.5 Å². The molecule has 0 atom stereocenters. The van der Waals surface area contributed by atoms with E-state index < -0.39 is 20.8 Å². The lowest BCUT2D eigenvalue weighted by Crippen LogP contribution is -2.23. The van der Waals surface area contributed by atoms with E-state index in [0.717, 1.165) is 25.9 Å². The van der Waals surface area contributed by atoms with Crippen LogP contribution in [0, 0.1) is 10.1 Å². The Morgan fingerprint density at radius 3 is 2.45 bits per heavy atom. The lowest BCUT2D eigenvalue weighted by atomic mass is 10.3. The van der Waals surface area contributed by atoms with Gasteiger partial charge in [0.15, 0.2) is 0 Å². The van der Waals surface area contributed by atoms with E-state index in [1.807, 2.05) is 4.90 Å². The van der Waals surface area contributed by atoms with Crippen LogP contribution in [0.3, 0.4) is 0 Å². The van der Waals surface area contributed by atoms with Gasteiger partial charge in [0.25, 0.3) is 0 Å². The summed E-state index contributed by atoms with van der Waals surface area (Å²) < 4.78 is 33.4. The number of rotatable bonds is 7. The first-order valence-electron chi connectivity index (χ1n) is 6.89. The van der Waals surface area contributed by atoms with Gasteiger partial charge in [-0.15, -0.1) is 0 Å². The monoisotopic (exact) mass is 395 g/mol. The first-order valence-corrected chi connectivity index (χ1v) is 9.26. The number of nitro groups is 1. The van der Waals surface area contributed by atoms with Gasteiger partial charge in [-0.1, -0.05) is 0 Å². The Bertz CT molecular complexity index is 654. The van der Waals surface area contributed by atoms with E-state index in [0.29, 0.717) is 18.8 Å². The third kappa shape index (κ3) is 4.17. The molecule has 1 aliphatic heterocycles. The molecule has 9 nitrogen and oxygen atoms in total. The number of hydrogen-bond acceptors (Lipinski definition) is 7. The first kappa shape index (κ1) is 17.2. The van der Waals surface area contributed by atoms with Crippen LogP contribution in [0.15, 0.2) is 4.60 Å². The van der Waals surface area contributed by atoms with Crippen LogP contribution in [0.4, 0.5) is 11.5 Å². The highest BCUT2D eigenvalue weighted by atomic mass is 79.9.